The predicted octanol–water partition coefficient (Wildman–Crippen LogP) is 2.44. The van der Waals surface area contributed by atoms with Crippen molar-refractivity contribution in [2.24, 2.45) is 0 Å². The van der Waals surface area contributed by atoms with Gasteiger partial charge in [0.25, 0.3) is 0 Å². The molecule has 18 heavy (non-hydrogen) atoms. The van der Waals surface area contributed by atoms with Gasteiger partial charge in [0.1, 0.15) is 0 Å². The number of likely N-dealkylation sites (N-methyl/N-ethyl adjacent to an activating group) is 1. The first kappa shape index (κ1) is 11.4. The Kier molecular flexibility index (Phi) is 2.84. The highest BCUT2D eigenvalue weighted by molar-refractivity contribution is 5.60. The van der Waals surface area contributed by atoms with E-state index in [1.165, 1.54) is 11.1 Å². The molecule has 2 heterocycles. The second-order valence-corrected chi connectivity index (χ2v) is 5.03. The van der Waals surface area contributed by atoms with Crippen molar-refractivity contribution >= 4 is 0 Å². The van der Waals surface area contributed by atoms with Gasteiger partial charge in [-0.15, -0.1) is 0 Å². The number of aryl methyl sites for hydroxylation is 1. The third-order valence-corrected chi connectivity index (χ3v) is 3.50. The molecule has 0 unspecified atom stereocenters. The fourth-order valence-corrected chi connectivity index (χ4v) is 2.41. The van der Waals surface area contributed by atoms with Crippen molar-refractivity contribution in [3.63, 3.8) is 0 Å². The fraction of sp³-hybridized carbons (Fsp3) is 0.333. The van der Waals surface area contributed by atoms with E-state index in [1.807, 2.05) is 19.1 Å². The molecule has 0 saturated carbocycles. The van der Waals surface area contributed by atoms with Crippen LogP contribution in [-0.4, -0.2) is 28.7 Å². The maximum atomic E-state index is 4.25. The maximum absolute atomic E-state index is 4.25. The van der Waals surface area contributed by atoms with Gasteiger partial charge in [-0.2, -0.15) is 10.2 Å². The molecule has 0 spiro atoms. The highest BCUT2D eigenvalue weighted by Crippen LogP contribution is 2.24. The summed E-state index contributed by atoms with van der Waals surface area (Å²) in [6.07, 6.45) is 1.14. The van der Waals surface area contributed by atoms with Crippen LogP contribution >= 0.6 is 0 Å². The Bertz CT molecular complexity index is 560. The minimum Gasteiger partial charge on any atom is -0.302 e. The number of aromatic nitrogens is 2. The van der Waals surface area contributed by atoms with Gasteiger partial charge in [0, 0.05) is 18.7 Å². The van der Waals surface area contributed by atoms with Gasteiger partial charge in [-0.3, -0.25) is 0 Å². The third-order valence-electron chi connectivity index (χ3n) is 3.50. The van der Waals surface area contributed by atoms with Crippen LogP contribution < -0.4 is 0 Å². The number of hydrogen-bond donors (Lipinski definition) is 0. The molecule has 0 N–H and O–H groups in total. The van der Waals surface area contributed by atoms with Gasteiger partial charge in [0.2, 0.25) is 0 Å². The first-order chi connectivity index (χ1) is 8.72. The van der Waals surface area contributed by atoms with Crippen molar-refractivity contribution in [3.05, 3.63) is 47.2 Å². The van der Waals surface area contributed by atoms with Gasteiger partial charge in [0.05, 0.1) is 11.4 Å². The summed E-state index contributed by atoms with van der Waals surface area (Å²) in [5.74, 6) is 0. The van der Waals surface area contributed by atoms with Crippen molar-refractivity contribution in [1.82, 2.24) is 15.1 Å². The van der Waals surface area contributed by atoms with Gasteiger partial charge in [0.15, 0.2) is 0 Å². The van der Waals surface area contributed by atoms with E-state index in [2.05, 4.69) is 40.3 Å². The highest BCUT2D eigenvalue weighted by atomic mass is 15.1. The zero-order chi connectivity index (χ0) is 12.5. The number of benzene rings is 1. The molecule has 3 heteroatoms. The largest absolute Gasteiger partial charge is 0.302 e. The van der Waals surface area contributed by atoms with Crippen molar-refractivity contribution in [3.8, 4) is 11.3 Å². The first-order valence-electron chi connectivity index (χ1n) is 6.33. The van der Waals surface area contributed by atoms with Crippen LogP contribution in [0.3, 0.4) is 0 Å². The van der Waals surface area contributed by atoms with Gasteiger partial charge in [-0.25, -0.2) is 0 Å². The fourth-order valence-electron chi connectivity index (χ4n) is 2.41. The van der Waals surface area contributed by atoms with E-state index in [0.29, 0.717) is 0 Å². The van der Waals surface area contributed by atoms with Crippen molar-refractivity contribution in [2.75, 3.05) is 13.6 Å². The van der Waals surface area contributed by atoms with Crippen LogP contribution in [0.25, 0.3) is 11.3 Å². The molecule has 0 aliphatic carbocycles. The molecular weight excluding hydrogens is 222 g/mol. The molecule has 1 aliphatic heterocycles. The van der Waals surface area contributed by atoms with E-state index in [1.54, 1.807) is 0 Å². The average molecular weight is 239 g/mol. The summed E-state index contributed by atoms with van der Waals surface area (Å²) in [4.78, 5) is 2.35. The molecule has 0 bridgehead atoms. The summed E-state index contributed by atoms with van der Waals surface area (Å²) < 4.78 is 0. The van der Waals surface area contributed by atoms with Crippen molar-refractivity contribution < 1.29 is 0 Å². The molecule has 0 radical (unpaired) electrons. The van der Waals surface area contributed by atoms with E-state index in [9.17, 15) is 0 Å². The normalized spacial score (nSPS) is 15.4. The lowest BCUT2D eigenvalue weighted by Gasteiger charge is -2.25. The predicted molar refractivity (Wildman–Crippen MR) is 72.2 cm³/mol. The lowest BCUT2D eigenvalue weighted by Crippen LogP contribution is -2.26. The van der Waals surface area contributed by atoms with Gasteiger partial charge in [-0.05, 0) is 49.7 Å². The minimum atomic E-state index is 0.955. The standard InChI is InChI=1S/C15H17N3/c1-11-3-6-15(17-16-11)13-5-4-12-7-8-18(2)10-14(12)9-13/h3-6,9H,7-8,10H2,1-2H3. The number of rotatable bonds is 1. The number of nitrogens with zero attached hydrogens (tertiary/aromatic N) is 3. The van der Waals surface area contributed by atoms with E-state index in [0.717, 1.165) is 36.5 Å². The molecular formula is C15H17N3. The Morgan fingerprint density at radius 2 is 1.94 bits per heavy atom. The summed E-state index contributed by atoms with van der Waals surface area (Å²) in [5, 5.41) is 8.37. The summed E-state index contributed by atoms with van der Waals surface area (Å²) in [5.41, 5.74) is 5.96. The Morgan fingerprint density at radius 1 is 1.06 bits per heavy atom. The average Bonchev–Trinajstić information content (AvgIpc) is 2.38. The van der Waals surface area contributed by atoms with E-state index < -0.39 is 0 Å². The Balaban J connectivity index is 1.99. The van der Waals surface area contributed by atoms with E-state index in [-0.39, 0.29) is 0 Å². The van der Waals surface area contributed by atoms with Gasteiger partial charge < -0.3 is 4.90 Å². The van der Waals surface area contributed by atoms with Crippen molar-refractivity contribution in [2.45, 2.75) is 19.9 Å². The van der Waals surface area contributed by atoms with Crippen LogP contribution in [0.15, 0.2) is 30.3 Å². The molecule has 3 rings (SSSR count). The quantitative estimate of drug-likeness (QED) is 0.765. The molecule has 1 aromatic carbocycles. The zero-order valence-corrected chi connectivity index (χ0v) is 10.8. The van der Waals surface area contributed by atoms with Crippen molar-refractivity contribution in [1.29, 1.82) is 0 Å². The molecule has 0 fully saturated rings. The minimum absolute atomic E-state index is 0.955. The van der Waals surface area contributed by atoms with Gasteiger partial charge >= 0.3 is 0 Å². The Morgan fingerprint density at radius 3 is 2.72 bits per heavy atom. The summed E-state index contributed by atoms with van der Waals surface area (Å²) in [6.45, 7) is 4.14. The molecule has 0 atom stereocenters. The maximum Gasteiger partial charge on any atom is 0.0929 e. The number of fused-ring (bicyclic) bond motifs is 1. The third kappa shape index (κ3) is 2.14. The highest BCUT2D eigenvalue weighted by Gasteiger charge is 2.13. The lowest BCUT2D eigenvalue weighted by molar-refractivity contribution is 0.313. The molecule has 0 amide bonds. The summed E-state index contributed by atoms with van der Waals surface area (Å²) >= 11 is 0. The summed E-state index contributed by atoms with van der Waals surface area (Å²) in [7, 11) is 2.17. The Labute approximate surface area is 107 Å². The Hall–Kier alpha value is -1.74. The monoisotopic (exact) mass is 239 g/mol. The second kappa shape index (κ2) is 4.50. The molecule has 1 aromatic heterocycles. The van der Waals surface area contributed by atoms with Gasteiger partial charge in [-0.1, -0.05) is 12.1 Å². The first-order valence-corrected chi connectivity index (χ1v) is 6.33. The van der Waals surface area contributed by atoms with Crippen LogP contribution in [0.4, 0.5) is 0 Å². The smallest absolute Gasteiger partial charge is 0.0929 e. The summed E-state index contributed by atoms with van der Waals surface area (Å²) in [6, 6.07) is 10.7. The van der Waals surface area contributed by atoms with Crippen LogP contribution in [0.5, 0.6) is 0 Å². The molecule has 2 aromatic rings. The van der Waals surface area contributed by atoms with E-state index in [4.69, 9.17) is 0 Å². The van der Waals surface area contributed by atoms with Crippen LogP contribution in [0.1, 0.15) is 16.8 Å². The number of hydrogen-bond acceptors (Lipinski definition) is 3. The topological polar surface area (TPSA) is 29.0 Å². The zero-order valence-electron chi connectivity index (χ0n) is 10.8. The van der Waals surface area contributed by atoms with Crippen LogP contribution in [-0.2, 0) is 13.0 Å². The van der Waals surface area contributed by atoms with Crippen LogP contribution in [0.2, 0.25) is 0 Å². The SMILES string of the molecule is Cc1ccc(-c2ccc3c(c2)CN(C)CC3)nn1. The molecule has 1 aliphatic rings. The lowest BCUT2D eigenvalue weighted by atomic mass is 9.96. The molecule has 92 valence electrons. The van der Waals surface area contributed by atoms with Crippen LogP contribution in [0, 0.1) is 6.92 Å². The van der Waals surface area contributed by atoms with E-state index >= 15 is 0 Å². The second-order valence-electron chi connectivity index (χ2n) is 5.03. The molecule has 3 nitrogen and oxygen atoms in total. The molecule has 0 saturated heterocycles.